The van der Waals surface area contributed by atoms with Crippen molar-refractivity contribution in [1.29, 1.82) is 0 Å². The van der Waals surface area contributed by atoms with Gasteiger partial charge in [-0.25, -0.2) is 0 Å². The van der Waals surface area contributed by atoms with Gasteiger partial charge in [0.05, 0.1) is 6.10 Å². The van der Waals surface area contributed by atoms with E-state index < -0.39 is 0 Å². The molecule has 0 bridgehead atoms. The molecule has 0 saturated carbocycles. The molecule has 18 heavy (non-hydrogen) atoms. The summed E-state index contributed by atoms with van der Waals surface area (Å²) in [5, 5.41) is 0. The Bertz CT molecular complexity index is 325. The van der Waals surface area contributed by atoms with E-state index in [-0.39, 0.29) is 0 Å². The minimum Gasteiger partial charge on any atom is -0.378 e. The first-order valence-corrected chi connectivity index (χ1v) is 7.36. The predicted molar refractivity (Wildman–Crippen MR) is 76.0 cm³/mol. The van der Waals surface area contributed by atoms with Crippen LogP contribution in [0.4, 0.5) is 0 Å². The summed E-state index contributed by atoms with van der Waals surface area (Å²) in [7, 11) is 0. The molecule has 1 aromatic rings. The van der Waals surface area contributed by atoms with Crippen LogP contribution in [0.3, 0.4) is 0 Å². The molecule has 1 heterocycles. The number of benzene rings is 1. The van der Waals surface area contributed by atoms with E-state index in [0.29, 0.717) is 12.0 Å². The molecular weight excluding hydrogens is 246 g/mol. The Morgan fingerprint density at radius 1 is 1.22 bits per heavy atom. The molecule has 0 aromatic heterocycles. The lowest BCUT2D eigenvalue weighted by molar-refractivity contribution is 0.0918. The second-order valence-electron chi connectivity index (χ2n) is 4.87. The lowest BCUT2D eigenvalue weighted by Crippen LogP contribution is -2.28. The highest BCUT2D eigenvalue weighted by Crippen LogP contribution is 2.16. The Kier molecular flexibility index (Phi) is 5.98. The number of halogens is 1. The zero-order chi connectivity index (χ0) is 12.6. The van der Waals surface area contributed by atoms with Gasteiger partial charge >= 0.3 is 0 Å². The van der Waals surface area contributed by atoms with Crippen molar-refractivity contribution in [2.45, 2.75) is 31.9 Å². The first-order valence-electron chi connectivity index (χ1n) is 6.82. The maximum atomic E-state index is 5.88. The Balaban J connectivity index is 1.79. The number of rotatable bonds is 7. The summed E-state index contributed by atoms with van der Waals surface area (Å²) in [6, 6.07) is 10.6. The number of nitrogens with zero attached hydrogens (tertiary/aromatic N) is 1. The molecule has 2 rings (SSSR count). The number of ether oxygens (including phenoxy) is 1. The normalized spacial score (nSPS) is 19.6. The lowest BCUT2D eigenvalue weighted by atomic mass is 10.1. The molecule has 1 aliphatic heterocycles. The minimum absolute atomic E-state index is 0.471. The van der Waals surface area contributed by atoms with Crippen LogP contribution < -0.4 is 0 Å². The summed E-state index contributed by atoms with van der Waals surface area (Å²) in [5.41, 5.74) is 1.36. The molecule has 0 aliphatic carbocycles. The Labute approximate surface area is 115 Å². The molecule has 0 radical (unpaired) electrons. The summed E-state index contributed by atoms with van der Waals surface area (Å²) in [5.74, 6) is 0.693. The van der Waals surface area contributed by atoms with Crippen LogP contribution in [0.1, 0.15) is 24.8 Å². The van der Waals surface area contributed by atoms with Gasteiger partial charge in [-0.3, -0.25) is 4.90 Å². The van der Waals surface area contributed by atoms with Gasteiger partial charge in [-0.15, -0.1) is 11.6 Å². The quantitative estimate of drug-likeness (QED) is 0.703. The van der Waals surface area contributed by atoms with Gasteiger partial charge < -0.3 is 4.74 Å². The third-order valence-electron chi connectivity index (χ3n) is 3.44. The highest BCUT2D eigenvalue weighted by atomic mass is 35.5. The molecule has 100 valence electrons. The molecule has 0 spiro atoms. The van der Waals surface area contributed by atoms with Crippen molar-refractivity contribution in [3.05, 3.63) is 35.9 Å². The van der Waals surface area contributed by atoms with Crippen molar-refractivity contribution in [2.24, 2.45) is 0 Å². The average molecular weight is 268 g/mol. The van der Waals surface area contributed by atoms with E-state index >= 15 is 0 Å². The first kappa shape index (κ1) is 13.9. The lowest BCUT2D eigenvalue weighted by Gasteiger charge is -2.22. The van der Waals surface area contributed by atoms with Crippen LogP contribution in [-0.2, 0) is 11.3 Å². The molecule has 1 unspecified atom stereocenters. The summed E-state index contributed by atoms with van der Waals surface area (Å²) < 4.78 is 5.67. The molecule has 0 N–H and O–H groups in total. The van der Waals surface area contributed by atoms with E-state index in [1.807, 2.05) is 0 Å². The van der Waals surface area contributed by atoms with Crippen molar-refractivity contribution in [3.63, 3.8) is 0 Å². The van der Waals surface area contributed by atoms with Gasteiger partial charge in [0, 0.05) is 32.1 Å². The summed E-state index contributed by atoms with van der Waals surface area (Å²) in [6.45, 7) is 3.95. The molecular formula is C15H22ClNO. The van der Waals surface area contributed by atoms with Crippen LogP contribution in [0.15, 0.2) is 30.3 Å². The van der Waals surface area contributed by atoms with Crippen molar-refractivity contribution in [2.75, 3.05) is 25.6 Å². The molecule has 2 nitrogen and oxygen atoms in total. The summed E-state index contributed by atoms with van der Waals surface area (Å²) in [6.07, 6.45) is 4.04. The first-order chi connectivity index (χ1) is 8.88. The minimum atomic E-state index is 0.471. The van der Waals surface area contributed by atoms with Crippen molar-refractivity contribution < 1.29 is 4.74 Å². The zero-order valence-corrected chi connectivity index (χ0v) is 11.6. The SMILES string of the molecule is ClCCN(CCC1CCCO1)Cc1ccccc1. The van der Waals surface area contributed by atoms with Gasteiger partial charge in [0.15, 0.2) is 0 Å². The van der Waals surface area contributed by atoms with Gasteiger partial charge in [0.1, 0.15) is 0 Å². The molecule has 3 heteroatoms. The molecule has 1 aromatic carbocycles. The predicted octanol–water partition coefficient (Wildman–Crippen LogP) is 3.30. The van der Waals surface area contributed by atoms with Gasteiger partial charge in [-0.2, -0.15) is 0 Å². The fraction of sp³-hybridized carbons (Fsp3) is 0.600. The number of alkyl halides is 1. The zero-order valence-electron chi connectivity index (χ0n) is 10.9. The van der Waals surface area contributed by atoms with E-state index in [1.165, 1.54) is 18.4 Å². The maximum Gasteiger partial charge on any atom is 0.0588 e. The standard InChI is InChI=1S/C15H22ClNO/c16-9-11-17(10-8-15-7-4-12-18-15)13-14-5-2-1-3-6-14/h1-3,5-6,15H,4,7-13H2. The fourth-order valence-corrected chi connectivity index (χ4v) is 2.67. The van der Waals surface area contributed by atoms with Crippen molar-refractivity contribution in [3.8, 4) is 0 Å². The van der Waals surface area contributed by atoms with Crippen LogP contribution in [0.5, 0.6) is 0 Å². The number of hydrogen-bond acceptors (Lipinski definition) is 2. The smallest absolute Gasteiger partial charge is 0.0588 e. The molecule has 0 amide bonds. The van der Waals surface area contributed by atoms with Gasteiger partial charge in [0.2, 0.25) is 0 Å². The molecule has 1 saturated heterocycles. The van der Waals surface area contributed by atoms with Crippen LogP contribution in [0.2, 0.25) is 0 Å². The monoisotopic (exact) mass is 267 g/mol. The summed E-state index contributed by atoms with van der Waals surface area (Å²) in [4.78, 5) is 2.42. The highest BCUT2D eigenvalue weighted by molar-refractivity contribution is 6.18. The van der Waals surface area contributed by atoms with Crippen molar-refractivity contribution >= 4 is 11.6 Å². The van der Waals surface area contributed by atoms with Crippen LogP contribution in [0, 0.1) is 0 Å². The van der Waals surface area contributed by atoms with E-state index in [2.05, 4.69) is 35.2 Å². The third-order valence-corrected chi connectivity index (χ3v) is 3.61. The van der Waals surface area contributed by atoms with Crippen LogP contribution >= 0.6 is 11.6 Å². The van der Waals surface area contributed by atoms with Gasteiger partial charge in [-0.1, -0.05) is 30.3 Å². The van der Waals surface area contributed by atoms with E-state index in [4.69, 9.17) is 16.3 Å². The molecule has 1 aliphatic rings. The second kappa shape index (κ2) is 7.78. The maximum absolute atomic E-state index is 5.88. The van der Waals surface area contributed by atoms with E-state index in [1.54, 1.807) is 0 Å². The van der Waals surface area contributed by atoms with E-state index in [0.717, 1.165) is 32.7 Å². The third kappa shape index (κ3) is 4.60. The highest BCUT2D eigenvalue weighted by Gasteiger charge is 2.16. The van der Waals surface area contributed by atoms with Gasteiger partial charge in [0.25, 0.3) is 0 Å². The van der Waals surface area contributed by atoms with Crippen molar-refractivity contribution in [1.82, 2.24) is 4.90 Å². The molecule has 1 fully saturated rings. The fourth-order valence-electron chi connectivity index (χ4n) is 2.43. The Hall–Kier alpha value is -0.570. The summed E-state index contributed by atoms with van der Waals surface area (Å²) >= 11 is 5.88. The average Bonchev–Trinajstić information content (AvgIpc) is 2.91. The Morgan fingerprint density at radius 2 is 2.06 bits per heavy atom. The van der Waals surface area contributed by atoms with Gasteiger partial charge in [-0.05, 0) is 24.8 Å². The van der Waals surface area contributed by atoms with Crippen LogP contribution in [0.25, 0.3) is 0 Å². The van der Waals surface area contributed by atoms with E-state index in [9.17, 15) is 0 Å². The Morgan fingerprint density at radius 3 is 2.72 bits per heavy atom. The number of hydrogen-bond donors (Lipinski definition) is 0. The largest absolute Gasteiger partial charge is 0.378 e. The van der Waals surface area contributed by atoms with Crippen LogP contribution in [-0.4, -0.2) is 36.6 Å². The topological polar surface area (TPSA) is 12.5 Å². The second-order valence-corrected chi connectivity index (χ2v) is 5.25. The molecule has 1 atom stereocenters.